The molecule has 0 radical (unpaired) electrons. The zero-order valence-electron chi connectivity index (χ0n) is 14.1. The highest BCUT2D eigenvalue weighted by Crippen LogP contribution is 2.18. The fraction of sp³-hybridized carbons (Fsp3) is 0.263. The maximum absolute atomic E-state index is 12.0. The summed E-state index contributed by atoms with van der Waals surface area (Å²) in [4.78, 5) is 23.5. The normalized spacial score (nSPS) is 10.1. The first-order valence-corrected chi connectivity index (χ1v) is 7.76. The van der Waals surface area contributed by atoms with Crippen molar-refractivity contribution >= 4 is 17.6 Å². The third kappa shape index (κ3) is 4.84. The van der Waals surface area contributed by atoms with E-state index in [1.54, 1.807) is 31.2 Å². The molecule has 0 aliphatic carbocycles. The number of esters is 1. The van der Waals surface area contributed by atoms with Crippen LogP contribution in [-0.4, -0.2) is 25.1 Å². The largest absolute Gasteiger partial charge is 0.483 e. The summed E-state index contributed by atoms with van der Waals surface area (Å²) >= 11 is 0. The Labute approximate surface area is 141 Å². The summed E-state index contributed by atoms with van der Waals surface area (Å²) in [7, 11) is 0. The first kappa shape index (κ1) is 17.5. The van der Waals surface area contributed by atoms with Crippen LogP contribution in [0.25, 0.3) is 0 Å². The topological polar surface area (TPSA) is 64.6 Å². The lowest BCUT2D eigenvalue weighted by atomic mass is 10.1. The first-order chi connectivity index (χ1) is 11.5. The lowest BCUT2D eigenvalue weighted by molar-refractivity contribution is -0.118. The van der Waals surface area contributed by atoms with Gasteiger partial charge in [-0.3, -0.25) is 4.79 Å². The van der Waals surface area contributed by atoms with Crippen LogP contribution >= 0.6 is 0 Å². The molecule has 0 fully saturated rings. The second kappa shape index (κ2) is 8.15. The third-order valence-electron chi connectivity index (χ3n) is 3.37. The Morgan fingerprint density at radius 2 is 1.75 bits per heavy atom. The van der Waals surface area contributed by atoms with E-state index in [0.717, 1.165) is 11.1 Å². The van der Waals surface area contributed by atoms with E-state index in [0.29, 0.717) is 23.6 Å². The van der Waals surface area contributed by atoms with Crippen molar-refractivity contribution in [3.05, 3.63) is 59.2 Å². The van der Waals surface area contributed by atoms with Gasteiger partial charge < -0.3 is 14.8 Å². The average molecular weight is 327 g/mol. The van der Waals surface area contributed by atoms with Crippen LogP contribution in [0.4, 0.5) is 5.69 Å². The van der Waals surface area contributed by atoms with Gasteiger partial charge in [0.25, 0.3) is 5.91 Å². The van der Waals surface area contributed by atoms with Gasteiger partial charge in [-0.15, -0.1) is 0 Å². The first-order valence-electron chi connectivity index (χ1n) is 7.76. The van der Waals surface area contributed by atoms with Crippen molar-refractivity contribution in [2.24, 2.45) is 0 Å². The molecule has 0 heterocycles. The highest BCUT2D eigenvalue weighted by atomic mass is 16.5. The van der Waals surface area contributed by atoms with Gasteiger partial charge in [0.15, 0.2) is 6.61 Å². The van der Waals surface area contributed by atoms with Crippen molar-refractivity contribution in [3.8, 4) is 5.75 Å². The molecule has 2 aromatic rings. The van der Waals surface area contributed by atoms with Crippen molar-refractivity contribution in [3.63, 3.8) is 0 Å². The SMILES string of the molecule is CCOC(=O)c1ccc(NC(=O)COc2ccc(C)cc2C)cc1. The molecule has 1 amide bonds. The smallest absolute Gasteiger partial charge is 0.338 e. The van der Waals surface area contributed by atoms with E-state index in [2.05, 4.69) is 5.32 Å². The molecule has 0 saturated heterocycles. The van der Waals surface area contributed by atoms with E-state index in [4.69, 9.17) is 9.47 Å². The monoisotopic (exact) mass is 327 g/mol. The summed E-state index contributed by atoms with van der Waals surface area (Å²) in [5.74, 6) is 0.0424. The summed E-state index contributed by atoms with van der Waals surface area (Å²) in [6.45, 7) is 5.94. The number of carbonyl (C=O) groups is 2. The molecule has 0 saturated carbocycles. The minimum absolute atomic E-state index is 0.0798. The fourth-order valence-electron chi connectivity index (χ4n) is 2.21. The summed E-state index contributed by atoms with van der Waals surface area (Å²) < 4.78 is 10.4. The molecule has 0 bridgehead atoms. The summed E-state index contributed by atoms with van der Waals surface area (Å²) in [6, 6.07) is 12.3. The fourth-order valence-corrected chi connectivity index (χ4v) is 2.21. The van der Waals surface area contributed by atoms with E-state index in [9.17, 15) is 9.59 Å². The molecule has 2 aromatic carbocycles. The van der Waals surface area contributed by atoms with Crippen LogP contribution in [0.3, 0.4) is 0 Å². The Bertz CT molecular complexity index is 723. The number of rotatable bonds is 6. The van der Waals surface area contributed by atoms with Crippen molar-refractivity contribution in [1.82, 2.24) is 0 Å². The van der Waals surface area contributed by atoms with Gasteiger partial charge in [0.1, 0.15) is 5.75 Å². The molecular weight excluding hydrogens is 306 g/mol. The highest BCUT2D eigenvalue weighted by molar-refractivity contribution is 5.93. The number of ether oxygens (including phenoxy) is 2. The Hall–Kier alpha value is -2.82. The number of nitrogens with one attached hydrogen (secondary N) is 1. The third-order valence-corrected chi connectivity index (χ3v) is 3.37. The van der Waals surface area contributed by atoms with Gasteiger partial charge in [-0.1, -0.05) is 17.7 Å². The number of carbonyl (C=O) groups excluding carboxylic acids is 2. The number of anilines is 1. The standard InChI is InChI=1S/C19H21NO4/c1-4-23-19(22)15-6-8-16(9-7-15)20-18(21)12-24-17-10-5-13(2)11-14(17)3/h5-11H,4,12H2,1-3H3,(H,20,21). The molecule has 0 atom stereocenters. The molecule has 5 heteroatoms. The zero-order valence-corrected chi connectivity index (χ0v) is 14.1. The second-order valence-electron chi connectivity index (χ2n) is 5.40. The number of benzene rings is 2. The minimum Gasteiger partial charge on any atom is -0.483 e. The summed E-state index contributed by atoms with van der Waals surface area (Å²) in [6.07, 6.45) is 0. The lowest BCUT2D eigenvalue weighted by Crippen LogP contribution is -2.20. The molecule has 0 spiro atoms. The predicted molar refractivity (Wildman–Crippen MR) is 92.4 cm³/mol. The van der Waals surface area contributed by atoms with Gasteiger partial charge in [0, 0.05) is 5.69 Å². The Balaban J connectivity index is 1.89. The number of hydrogen-bond donors (Lipinski definition) is 1. The Morgan fingerprint density at radius 1 is 1.04 bits per heavy atom. The van der Waals surface area contributed by atoms with Crippen molar-refractivity contribution in [2.45, 2.75) is 20.8 Å². The Morgan fingerprint density at radius 3 is 2.38 bits per heavy atom. The molecule has 2 rings (SSSR count). The van der Waals surface area contributed by atoms with Gasteiger partial charge in [0.05, 0.1) is 12.2 Å². The minimum atomic E-state index is -0.381. The van der Waals surface area contributed by atoms with Crippen LogP contribution in [0.1, 0.15) is 28.4 Å². The van der Waals surface area contributed by atoms with Gasteiger partial charge in [0.2, 0.25) is 0 Å². The van der Waals surface area contributed by atoms with Crippen molar-refractivity contribution in [1.29, 1.82) is 0 Å². The van der Waals surface area contributed by atoms with Gasteiger partial charge in [-0.05, 0) is 56.7 Å². The lowest BCUT2D eigenvalue weighted by Gasteiger charge is -2.10. The number of aryl methyl sites for hydroxylation is 2. The molecule has 0 aliphatic heterocycles. The van der Waals surface area contributed by atoms with E-state index in [1.807, 2.05) is 32.0 Å². The number of amides is 1. The molecule has 0 unspecified atom stereocenters. The van der Waals surface area contributed by atoms with E-state index >= 15 is 0 Å². The Kier molecular flexibility index (Phi) is 5.95. The van der Waals surface area contributed by atoms with Crippen LogP contribution in [0.2, 0.25) is 0 Å². The predicted octanol–water partition coefficient (Wildman–Crippen LogP) is 3.50. The van der Waals surface area contributed by atoms with Crippen molar-refractivity contribution in [2.75, 3.05) is 18.5 Å². The molecule has 24 heavy (non-hydrogen) atoms. The number of hydrogen-bond acceptors (Lipinski definition) is 4. The van der Waals surface area contributed by atoms with Gasteiger partial charge in [-0.25, -0.2) is 4.79 Å². The van der Waals surface area contributed by atoms with Crippen LogP contribution < -0.4 is 10.1 Å². The maximum atomic E-state index is 12.0. The van der Waals surface area contributed by atoms with Gasteiger partial charge >= 0.3 is 5.97 Å². The summed E-state index contributed by atoms with van der Waals surface area (Å²) in [5, 5.41) is 2.73. The zero-order chi connectivity index (χ0) is 17.5. The van der Waals surface area contributed by atoms with Crippen LogP contribution in [-0.2, 0) is 9.53 Å². The second-order valence-corrected chi connectivity index (χ2v) is 5.40. The average Bonchev–Trinajstić information content (AvgIpc) is 2.55. The molecule has 0 aromatic heterocycles. The van der Waals surface area contributed by atoms with Crippen LogP contribution in [0.5, 0.6) is 5.75 Å². The van der Waals surface area contributed by atoms with Crippen molar-refractivity contribution < 1.29 is 19.1 Å². The van der Waals surface area contributed by atoms with E-state index in [1.165, 1.54) is 0 Å². The van der Waals surface area contributed by atoms with E-state index in [-0.39, 0.29) is 18.5 Å². The maximum Gasteiger partial charge on any atom is 0.338 e. The van der Waals surface area contributed by atoms with Gasteiger partial charge in [-0.2, -0.15) is 0 Å². The molecule has 1 N–H and O–H groups in total. The molecule has 126 valence electrons. The molecule has 5 nitrogen and oxygen atoms in total. The summed E-state index contributed by atoms with van der Waals surface area (Å²) in [5.41, 5.74) is 3.17. The van der Waals surface area contributed by atoms with Crippen LogP contribution in [0, 0.1) is 13.8 Å². The highest BCUT2D eigenvalue weighted by Gasteiger charge is 2.08. The molecular formula is C19H21NO4. The van der Waals surface area contributed by atoms with Crippen LogP contribution in [0.15, 0.2) is 42.5 Å². The van der Waals surface area contributed by atoms with E-state index < -0.39 is 0 Å². The molecule has 0 aliphatic rings. The quantitative estimate of drug-likeness (QED) is 0.825.